The fraction of sp³-hybridized carbons (Fsp3) is 0.263. The van der Waals surface area contributed by atoms with Crippen molar-refractivity contribution in [3.8, 4) is 0 Å². The number of esters is 1. The van der Waals surface area contributed by atoms with Gasteiger partial charge in [0.05, 0.1) is 24.0 Å². The van der Waals surface area contributed by atoms with E-state index in [1.165, 1.54) is 7.11 Å². The Morgan fingerprint density at radius 2 is 1.71 bits per heavy atom. The van der Waals surface area contributed by atoms with Gasteiger partial charge in [-0.25, -0.2) is 4.79 Å². The summed E-state index contributed by atoms with van der Waals surface area (Å²) in [7, 11) is 1.35. The van der Waals surface area contributed by atoms with Crippen LogP contribution in [-0.2, 0) is 4.74 Å². The zero-order chi connectivity index (χ0) is 16.9. The molecule has 0 unspecified atom stereocenters. The molecule has 0 bridgehead atoms. The van der Waals surface area contributed by atoms with Crippen molar-refractivity contribution in [1.82, 2.24) is 0 Å². The van der Waals surface area contributed by atoms with E-state index >= 15 is 0 Å². The van der Waals surface area contributed by atoms with Crippen LogP contribution in [0.15, 0.2) is 48.5 Å². The third kappa shape index (κ3) is 3.40. The Morgan fingerprint density at radius 1 is 1.00 bits per heavy atom. The van der Waals surface area contributed by atoms with Gasteiger partial charge in [-0.15, -0.1) is 0 Å². The van der Waals surface area contributed by atoms with Gasteiger partial charge in [-0.3, -0.25) is 4.79 Å². The van der Waals surface area contributed by atoms with Gasteiger partial charge in [-0.1, -0.05) is 18.2 Å². The number of hydrogen-bond donors (Lipinski definition) is 1. The molecule has 1 heterocycles. The van der Waals surface area contributed by atoms with Gasteiger partial charge in [-0.2, -0.15) is 0 Å². The van der Waals surface area contributed by atoms with Crippen LogP contribution in [0.3, 0.4) is 0 Å². The van der Waals surface area contributed by atoms with Gasteiger partial charge in [0.1, 0.15) is 0 Å². The van der Waals surface area contributed by atoms with Crippen molar-refractivity contribution in [2.45, 2.75) is 12.8 Å². The third-order valence-electron chi connectivity index (χ3n) is 4.15. The van der Waals surface area contributed by atoms with Gasteiger partial charge in [0.25, 0.3) is 5.91 Å². The van der Waals surface area contributed by atoms with Crippen LogP contribution >= 0.6 is 0 Å². The molecule has 0 spiro atoms. The van der Waals surface area contributed by atoms with Gasteiger partial charge in [0, 0.05) is 18.7 Å². The molecular formula is C19H20N2O3. The van der Waals surface area contributed by atoms with Crippen LogP contribution in [0.2, 0.25) is 0 Å². The van der Waals surface area contributed by atoms with E-state index in [0.717, 1.165) is 31.6 Å². The molecule has 5 nitrogen and oxygen atoms in total. The average Bonchev–Trinajstić information content (AvgIpc) is 3.16. The molecule has 0 atom stereocenters. The highest BCUT2D eigenvalue weighted by atomic mass is 16.5. The molecular weight excluding hydrogens is 304 g/mol. The lowest BCUT2D eigenvalue weighted by molar-refractivity contribution is 0.0600. The van der Waals surface area contributed by atoms with Gasteiger partial charge >= 0.3 is 5.97 Å². The van der Waals surface area contributed by atoms with Gasteiger partial charge in [0.15, 0.2) is 0 Å². The molecule has 0 saturated carbocycles. The van der Waals surface area contributed by atoms with E-state index in [-0.39, 0.29) is 5.91 Å². The van der Waals surface area contributed by atoms with Gasteiger partial charge in [-0.05, 0) is 43.2 Å². The summed E-state index contributed by atoms with van der Waals surface area (Å²) < 4.78 is 4.78. The van der Waals surface area contributed by atoms with Gasteiger partial charge < -0.3 is 15.0 Å². The minimum Gasteiger partial charge on any atom is -0.465 e. The first-order valence-corrected chi connectivity index (χ1v) is 8.03. The molecule has 1 amide bonds. The van der Waals surface area contributed by atoms with E-state index in [1.54, 1.807) is 24.3 Å². The van der Waals surface area contributed by atoms with Crippen molar-refractivity contribution < 1.29 is 14.3 Å². The number of benzene rings is 2. The zero-order valence-electron chi connectivity index (χ0n) is 13.6. The topological polar surface area (TPSA) is 58.6 Å². The number of rotatable bonds is 4. The number of amides is 1. The van der Waals surface area contributed by atoms with Crippen molar-refractivity contribution in [3.63, 3.8) is 0 Å². The van der Waals surface area contributed by atoms with Crippen LogP contribution in [0.25, 0.3) is 0 Å². The normalized spacial score (nSPS) is 13.6. The molecule has 5 heteroatoms. The molecule has 1 N–H and O–H groups in total. The van der Waals surface area contributed by atoms with Gasteiger partial charge in [0.2, 0.25) is 0 Å². The van der Waals surface area contributed by atoms with E-state index in [1.807, 2.05) is 24.3 Å². The van der Waals surface area contributed by atoms with Crippen LogP contribution in [0.1, 0.15) is 33.6 Å². The number of carbonyl (C=O) groups excluding carboxylic acids is 2. The van der Waals surface area contributed by atoms with Crippen LogP contribution < -0.4 is 10.2 Å². The molecule has 2 aromatic carbocycles. The highest BCUT2D eigenvalue weighted by Crippen LogP contribution is 2.30. The molecule has 2 aromatic rings. The fourth-order valence-electron chi connectivity index (χ4n) is 2.90. The van der Waals surface area contributed by atoms with E-state index in [2.05, 4.69) is 10.2 Å². The second-order valence-electron chi connectivity index (χ2n) is 5.74. The Kier molecular flexibility index (Phi) is 4.79. The number of nitrogens with zero attached hydrogens (tertiary/aromatic N) is 1. The van der Waals surface area contributed by atoms with Crippen molar-refractivity contribution in [1.29, 1.82) is 0 Å². The smallest absolute Gasteiger partial charge is 0.337 e. The van der Waals surface area contributed by atoms with Crippen molar-refractivity contribution >= 4 is 23.3 Å². The molecule has 1 aliphatic rings. The Bertz CT molecular complexity index is 738. The first-order chi connectivity index (χ1) is 11.7. The minimum absolute atomic E-state index is 0.196. The molecule has 1 aliphatic heterocycles. The molecule has 0 aromatic heterocycles. The third-order valence-corrected chi connectivity index (χ3v) is 4.15. The predicted octanol–water partition coefficient (Wildman–Crippen LogP) is 3.33. The lowest BCUT2D eigenvalue weighted by Crippen LogP contribution is -2.21. The second-order valence-corrected chi connectivity index (χ2v) is 5.74. The summed E-state index contributed by atoms with van der Waals surface area (Å²) in [6, 6.07) is 14.3. The summed E-state index contributed by atoms with van der Waals surface area (Å²) in [4.78, 5) is 26.5. The number of anilines is 2. The molecule has 124 valence electrons. The Balaban J connectivity index is 1.92. The molecule has 0 aliphatic carbocycles. The summed E-state index contributed by atoms with van der Waals surface area (Å²) in [6.45, 7) is 1.90. The fourth-order valence-corrected chi connectivity index (χ4v) is 2.90. The number of methoxy groups -OCH3 is 1. The summed E-state index contributed by atoms with van der Waals surface area (Å²) in [5.41, 5.74) is 2.57. The largest absolute Gasteiger partial charge is 0.465 e. The summed E-state index contributed by atoms with van der Waals surface area (Å²) in [6.07, 6.45) is 2.26. The van der Waals surface area contributed by atoms with E-state index in [0.29, 0.717) is 16.8 Å². The first kappa shape index (κ1) is 16.1. The molecule has 1 fully saturated rings. The first-order valence-electron chi connectivity index (χ1n) is 8.03. The van der Waals surface area contributed by atoms with E-state index < -0.39 is 5.97 Å². The van der Waals surface area contributed by atoms with Crippen LogP contribution in [0, 0.1) is 0 Å². The predicted molar refractivity (Wildman–Crippen MR) is 93.6 cm³/mol. The number of ether oxygens (including phenoxy) is 1. The number of nitrogens with one attached hydrogen (secondary N) is 1. The Labute approximate surface area is 141 Å². The number of carbonyl (C=O) groups is 2. The van der Waals surface area contributed by atoms with Crippen LogP contribution in [-0.4, -0.2) is 32.1 Å². The maximum atomic E-state index is 12.5. The minimum atomic E-state index is -0.418. The van der Waals surface area contributed by atoms with Crippen molar-refractivity contribution in [2.75, 3.05) is 30.4 Å². The molecule has 24 heavy (non-hydrogen) atoms. The van der Waals surface area contributed by atoms with Crippen molar-refractivity contribution in [2.24, 2.45) is 0 Å². The zero-order valence-corrected chi connectivity index (χ0v) is 13.6. The quantitative estimate of drug-likeness (QED) is 0.877. The lowest BCUT2D eigenvalue weighted by Gasteiger charge is -2.22. The summed E-state index contributed by atoms with van der Waals surface area (Å²) in [5.74, 6) is -0.615. The molecule has 0 radical (unpaired) electrons. The van der Waals surface area contributed by atoms with E-state index in [9.17, 15) is 9.59 Å². The van der Waals surface area contributed by atoms with E-state index in [4.69, 9.17) is 4.74 Å². The Morgan fingerprint density at radius 3 is 2.38 bits per heavy atom. The lowest BCUT2D eigenvalue weighted by atomic mass is 10.1. The number of hydrogen-bond acceptors (Lipinski definition) is 4. The summed E-state index contributed by atoms with van der Waals surface area (Å²) in [5, 5.41) is 2.93. The monoisotopic (exact) mass is 324 g/mol. The average molecular weight is 324 g/mol. The maximum absolute atomic E-state index is 12.5. The molecule has 3 rings (SSSR count). The van der Waals surface area contributed by atoms with Crippen molar-refractivity contribution in [3.05, 3.63) is 59.7 Å². The highest BCUT2D eigenvalue weighted by Gasteiger charge is 2.19. The molecule has 1 saturated heterocycles. The summed E-state index contributed by atoms with van der Waals surface area (Å²) >= 11 is 0. The Hall–Kier alpha value is -2.82. The second kappa shape index (κ2) is 7.17. The van der Waals surface area contributed by atoms with Crippen LogP contribution in [0.4, 0.5) is 11.4 Å². The SMILES string of the molecule is COC(=O)c1ccc(N2CCCC2)c(NC(=O)c2ccccc2)c1. The standard InChI is InChI=1S/C19H20N2O3/c1-24-19(23)15-9-10-17(21-11-5-6-12-21)16(13-15)20-18(22)14-7-3-2-4-8-14/h2-4,7-10,13H,5-6,11-12H2,1H3,(H,20,22). The van der Waals surface area contributed by atoms with Crippen LogP contribution in [0.5, 0.6) is 0 Å². The maximum Gasteiger partial charge on any atom is 0.337 e. The highest BCUT2D eigenvalue weighted by molar-refractivity contribution is 6.06.